The Morgan fingerprint density at radius 2 is 1.86 bits per heavy atom. The lowest BCUT2D eigenvalue weighted by molar-refractivity contribution is -0.120. The van der Waals surface area contributed by atoms with E-state index in [1.54, 1.807) is 6.20 Å². The first-order valence-electron chi connectivity index (χ1n) is 12.5. The van der Waals surface area contributed by atoms with Crippen LogP contribution in [0.2, 0.25) is 0 Å². The molecule has 0 spiro atoms. The van der Waals surface area contributed by atoms with E-state index in [2.05, 4.69) is 27.8 Å². The molecule has 0 saturated heterocycles. The fourth-order valence-corrected chi connectivity index (χ4v) is 5.29. The molecule has 1 aliphatic carbocycles. The minimum absolute atomic E-state index is 0.110. The summed E-state index contributed by atoms with van der Waals surface area (Å²) >= 11 is 0. The highest BCUT2D eigenvalue weighted by atomic mass is 19.1. The summed E-state index contributed by atoms with van der Waals surface area (Å²) in [7, 11) is 1.96. The molecule has 192 valence electrons. The summed E-state index contributed by atoms with van der Waals surface area (Å²) < 4.78 is 29.4. The van der Waals surface area contributed by atoms with Gasteiger partial charge in [0, 0.05) is 50.1 Å². The number of hydrogen-bond acceptors (Lipinski definition) is 4. The van der Waals surface area contributed by atoms with Crippen LogP contribution in [0.1, 0.15) is 50.2 Å². The number of halogens is 2. The maximum absolute atomic E-state index is 13.7. The predicted molar refractivity (Wildman–Crippen MR) is 135 cm³/mol. The van der Waals surface area contributed by atoms with Gasteiger partial charge in [0.05, 0.1) is 12.1 Å². The third-order valence-electron chi connectivity index (χ3n) is 7.08. The van der Waals surface area contributed by atoms with E-state index < -0.39 is 23.8 Å². The Morgan fingerprint density at radius 1 is 1.14 bits per heavy atom. The topological polar surface area (TPSA) is 79.2 Å². The highest BCUT2D eigenvalue weighted by molar-refractivity contribution is 5.73. The molecule has 4 rings (SSSR count). The SMILES string of the molecule is CC(=O)NC(Cc1cc(F)cc(F)c1)C(O)CNC1(c2cccc(-c3nccn3C)c2)CCCCC1. The van der Waals surface area contributed by atoms with Crippen LogP contribution in [0.4, 0.5) is 8.78 Å². The van der Waals surface area contributed by atoms with Crippen molar-refractivity contribution in [1.82, 2.24) is 20.2 Å². The fraction of sp³-hybridized carbons (Fsp3) is 0.429. The molecule has 36 heavy (non-hydrogen) atoms. The van der Waals surface area contributed by atoms with Gasteiger partial charge in [-0.15, -0.1) is 0 Å². The number of amides is 1. The molecule has 8 heteroatoms. The molecule has 1 amide bonds. The number of aryl methyl sites for hydroxylation is 1. The van der Waals surface area contributed by atoms with E-state index in [0.717, 1.165) is 55.1 Å². The van der Waals surface area contributed by atoms with E-state index in [0.29, 0.717) is 5.56 Å². The minimum Gasteiger partial charge on any atom is -0.390 e. The van der Waals surface area contributed by atoms with Crippen LogP contribution in [-0.4, -0.2) is 39.3 Å². The number of nitrogens with one attached hydrogen (secondary N) is 2. The normalized spacial score (nSPS) is 16.9. The Kier molecular flexibility index (Phi) is 8.16. The van der Waals surface area contributed by atoms with Crippen LogP contribution >= 0.6 is 0 Å². The maximum Gasteiger partial charge on any atom is 0.217 e. The molecular formula is C28H34F2N4O2. The van der Waals surface area contributed by atoms with Crippen molar-refractivity contribution in [3.05, 3.63) is 77.6 Å². The van der Waals surface area contributed by atoms with Crippen molar-refractivity contribution in [2.24, 2.45) is 7.05 Å². The lowest BCUT2D eigenvalue weighted by Crippen LogP contribution is -2.53. The highest BCUT2D eigenvalue weighted by Gasteiger charge is 2.35. The second-order valence-electron chi connectivity index (χ2n) is 9.82. The van der Waals surface area contributed by atoms with E-state index in [1.807, 2.05) is 29.9 Å². The number of aliphatic hydroxyl groups is 1. The van der Waals surface area contributed by atoms with Gasteiger partial charge in [-0.2, -0.15) is 0 Å². The van der Waals surface area contributed by atoms with Gasteiger partial charge in [0.2, 0.25) is 5.91 Å². The van der Waals surface area contributed by atoms with E-state index >= 15 is 0 Å². The fourth-order valence-electron chi connectivity index (χ4n) is 5.29. The molecule has 2 atom stereocenters. The smallest absolute Gasteiger partial charge is 0.217 e. The lowest BCUT2D eigenvalue weighted by Gasteiger charge is -2.40. The van der Waals surface area contributed by atoms with Gasteiger partial charge >= 0.3 is 0 Å². The van der Waals surface area contributed by atoms with Crippen molar-refractivity contribution in [2.45, 2.75) is 63.1 Å². The molecule has 1 aromatic heterocycles. The largest absolute Gasteiger partial charge is 0.390 e. The summed E-state index contributed by atoms with van der Waals surface area (Å²) in [5.74, 6) is -0.803. The Bertz CT molecular complexity index is 1170. The molecule has 2 aromatic carbocycles. The summed E-state index contributed by atoms with van der Waals surface area (Å²) in [6.45, 7) is 1.58. The predicted octanol–water partition coefficient (Wildman–Crippen LogP) is 4.22. The second kappa shape index (κ2) is 11.3. The Hall–Kier alpha value is -3.10. The number of carbonyl (C=O) groups is 1. The molecule has 1 fully saturated rings. The van der Waals surface area contributed by atoms with Crippen LogP contribution in [0.15, 0.2) is 54.9 Å². The van der Waals surface area contributed by atoms with Gasteiger partial charge in [0.15, 0.2) is 0 Å². The molecule has 0 radical (unpaired) electrons. The molecule has 3 N–H and O–H groups in total. The van der Waals surface area contributed by atoms with Gasteiger partial charge in [-0.05, 0) is 48.6 Å². The van der Waals surface area contributed by atoms with Gasteiger partial charge in [0.1, 0.15) is 17.5 Å². The molecule has 0 bridgehead atoms. The van der Waals surface area contributed by atoms with E-state index in [4.69, 9.17) is 0 Å². The zero-order valence-corrected chi connectivity index (χ0v) is 20.8. The Labute approximate surface area is 210 Å². The first-order valence-corrected chi connectivity index (χ1v) is 12.5. The number of nitrogens with zero attached hydrogens (tertiary/aromatic N) is 2. The number of aliphatic hydroxyl groups excluding tert-OH is 1. The first kappa shape index (κ1) is 26.0. The van der Waals surface area contributed by atoms with Crippen LogP contribution in [0.3, 0.4) is 0 Å². The van der Waals surface area contributed by atoms with Crippen molar-refractivity contribution in [1.29, 1.82) is 0 Å². The highest BCUT2D eigenvalue weighted by Crippen LogP contribution is 2.38. The van der Waals surface area contributed by atoms with Crippen LogP contribution in [0.5, 0.6) is 0 Å². The lowest BCUT2D eigenvalue weighted by atomic mass is 9.76. The number of hydrogen-bond donors (Lipinski definition) is 3. The van der Waals surface area contributed by atoms with Crippen LogP contribution < -0.4 is 10.6 Å². The van der Waals surface area contributed by atoms with Crippen molar-refractivity contribution < 1.29 is 18.7 Å². The van der Waals surface area contributed by atoms with E-state index in [9.17, 15) is 18.7 Å². The number of carbonyl (C=O) groups excluding carboxylic acids is 1. The average Bonchev–Trinajstić information content (AvgIpc) is 3.28. The molecule has 0 aliphatic heterocycles. The Balaban J connectivity index is 1.55. The quantitative estimate of drug-likeness (QED) is 0.415. The van der Waals surface area contributed by atoms with Gasteiger partial charge in [-0.3, -0.25) is 4.79 Å². The van der Waals surface area contributed by atoms with Crippen molar-refractivity contribution >= 4 is 5.91 Å². The molecule has 3 aromatic rings. The number of benzene rings is 2. The molecule has 1 heterocycles. The van der Waals surface area contributed by atoms with Gasteiger partial charge < -0.3 is 20.3 Å². The maximum atomic E-state index is 13.7. The van der Waals surface area contributed by atoms with E-state index in [1.165, 1.54) is 19.1 Å². The zero-order valence-electron chi connectivity index (χ0n) is 20.8. The molecular weight excluding hydrogens is 462 g/mol. The van der Waals surface area contributed by atoms with Crippen molar-refractivity contribution in [3.8, 4) is 11.4 Å². The third-order valence-corrected chi connectivity index (χ3v) is 7.08. The van der Waals surface area contributed by atoms with Crippen molar-refractivity contribution in [3.63, 3.8) is 0 Å². The molecule has 6 nitrogen and oxygen atoms in total. The number of imidazole rings is 1. The number of aromatic nitrogens is 2. The summed E-state index contributed by atoms with van der Waals surface area (Å²) in [5.41, 5.74) is 2.21. The number of rotatable bonds is 9. The zero-order chi connectivity index (χ0) is 25.7. The molecule has 2 unspecified atom stereocenters. The van der Waals surface area contributed by atoms with Crippen molar-refractivity contribution in [2.75, 3.05) is 6.54 Å². The minimum atomic E-state index is -0.961. The summed E-state index contributed by atoms with van der Waals surface area (Å²) in [5, 5.41) is 17.5. The monoisotopic (exact) mass is 496 g/mol. The van der Waals surface area contributed by atoms with Gasteiger partial charge in [-0.1, -0.05) is 37.5 Å². The summed E-state index contributed by atoms with van der Waals surface area (Å²) in [4.78, 5) is 16.3. The van der Waals surface area contributed by atoms with Gasteiger partial charge in [-0.25, -0.2) is 13.8 Å². The summed E-state index contributed by atoms with van der Waals surface area (Å²) in [6, 6.07) is 10.9. The standard InChI is InChI=1S/C28H34F2N4O2/c1-19(35)33-25(15-20-13-23(29)17-24(30)14-20)26(36)18-32-28(9-4-3-5-10-28)22-8-6-7-21(16-22)27-31-11-12-34(27)2/h6-8,11-14,16-17,25-26,32,36H,3-5,9-10,15,18H2,1-2H3,(H,33,35). The molecule has 1 aliphatic rings. The van der Waals surface area contributed by atoms with Crippen LogP contribution in [0, 0.1) is 11.6 Å². The van der Waals surface area contributed by atoms with Crippen LogP contribution in [0.25, 0.3) is 11.4 Å². The third kappa shape index (κ3) is 6.17. The van der Waals surface area contributed by atoms with E-state index in [-0.39, 0.29) is 24.4 Å². The molecule has 1 saturated carbocycles. The van der Waals surface area contributed by atoms with Gasteiger partial charge in [0.25, 0.3) is 0 Å². The average molecular weight is 497 g/mol. The van der Waals surface area contributed by atoms with Crippen LogP contribution in [-0.2, 0) is 23.8 Å². The summed E-state index contributed by atoms with van der Waals surface area (Å²) in [6.07, 6.45) is 7.97. The Morgan fingerprint density at radius 3 is 2.50 bits per heavy atom. The first-order chi connectivity index (χ1) is 17.3. The second-order valence-corrected chi connectivity index (χ2v) is 9.82.